The number of rotatable bonds is 76. The molecule has 0 saturated heterocycles. The van der Waals surface area contributed by atoms with Gasteiger partial charge in [0.1, 0.15) is 19.3 Å². The fraction of sp³-hybridized carbons (Fsp3) is 0.947. The predicted octanol–water partition coefficient (Wildman–Crippen LogP) is 22.5. The molecule has 95 heavy (non-hydrogen) atoms. The Morgan fingerprint density at radius 1 is 0.284 bits per heavy atom. The Hall–Kier alpha value is -1.94. The Morgan fingerprint density at radius 3 is 0.716 bits per heavy atom. The lowest BCUT2D eigenvalue weighted by Crippen LogP contribution is -2.30. The summed E-state index contributed by atoms with van der Waals surface area (Å²) in [5, 5.41) is 10.6. The number of unbranched alkanes of at least 4 members (excludes halogenated alkanes) is 48. The third kappa shape index (κ3) is 70.3. The van der Waals surface area contributed by atoms with E-state index in [0.29, 0.717) is 25.7 Å². The van der Waals surface area contributed by atoms with Crippen molar-refractivity contribution in [2.75, 3.05) is 39.6 Å². The fourth-order valence-electron chi connectivity index (χ4n) is 11.7. The first-order chi connectivity index (χ1) is 46.0. The topological polar surface area (TPSA) is 237 Å². The predicted molar refractivity (Wildman–Crippen MR) is 386 cm³/mol. The number of aliphatic hydroxyl groups excluding tert-OH is 1. The maximum atomic E-state index is 13.1. The second kappa shape index (κ2) is 69.2. The zero-order chi connectivity index (χ0) is 69.8. The van der Waals surface area contributed by atoms with Crippen molar-refractivity contribution in [1.82, 2.24) is 0 Å². The van der Waals surface area contributed by atoms with Crippen LogP contribution in [0.5, 0.6) is 0 Å². The third-order valence-corrected chi connectivity index (χ3v) is 19.7. The summed E-state index contributed by atoms with van der Waals surface area (Å²) in [6.45, 7) is 7.24. The molecule has 2 unspecified atom stereocenters. The molecule has 0 radical (unpaired) electrons. The molecule has 0 aliphatic carbocycles. The van der Waals surface area contributed by atoms with Crippen LogP contribution in [-0.2, 0) is 65.4 Å². The van der Waals surface area contributed by atoms with Crippen molar-refractivity contribution >= 4 is 39.5 Å². The summed E-state index contributed by atoms with van der Waals surface area (Å²) in [6.07, 6.45) is 58.4. The average Bonchev–Trinajstić information content (AvgIpc) is 2.28. The number of hydrogen-bond donors (Lipinski definition) is 3. The van der Waals surface area contributed by atoms with Gasteiger partial charge in [-0.2, -0.15) is 0 Å². The number of hydrogen-bond acceptors (Lipinski definition) is 15. The zero-order valence-corrected chi connectivity index (χ0v) is 63.6. The highest BCUT2D eigenvalue weighted by Gasteiger charge is 2.30. The van der Waals surface area contributed by atoms with Gasteiger partial charge < -0.3 is 33.8 Å². The quantitative estimate of drug-likeness (QED) is 0.0222. The highest BCUT2D eigenvalue weighted by molar-refractivity contribution is 7.47. The van der Waals surface area contributed by atoms with Gasteiger partial charge in [0.05, 0.1) is 26.4 Å². The van der Waals surface area contributed by atoms with E-state index < -0.39 is 97.5 Å². The van der Waals surface area contributed by atoms with Crippen LogP contribution >= 0.6 is 15.6 Å². The second-order valence-electron chi connectivity index (χ2n) is 27.9. The van der Waals surface area contributed by atoms with Crippen LogP contribution < -0.4 is 0 Å². The highest BCUT2D eigenvalue weighted by atomic mass is 31.2. The van der Waals surface area contributed by atoms with E-state index in [9.17, 15) is 43.2 Å². The second-order valence-corrected chi connectivity index (χ2v) is 30.8. The van der Waals surface area contributed by atoms with Gasteiger partial charge in [-0.05, 0) is 31.6 Å². The summed E-state index contributed by atoms with van der Waals surface area (Å²) in [5.41, 5.74) is 0. The third-order valence-electron chi connectivity index (χ3n) is 17.8. The Morgan fingerprint density at radius 2 is 0.484 bits per heavy atom. The van der Waals surface area contributed by atoms with Crippen LogP contribution in [0.15, 0.2) is 0 Å². The minimum Gasteiger partial charge on any atom is -0.462 e. The van der Waals surface area contributed by atoms with E-state index in [1.54, 1.807) is 0 Å². The van der Waals surface area contributed by atoms with Crippen LogP contribution in [0.25, 0.3) is 0 Å². The minimum atomic E-state index is -4.96. The van der Waals surface area contributed by atoms with Gasteiger partial charge in [0.25, 0.3) is 0 Å². The molecule has 5 atom stereocenters. The smallest absolute Gasteiger partial charge is 0.462 e. The average molecular weight is 1400 g/mol. The number of aliphatic hydroxyl groups is 1. The number of carbonyl (C=O) groups is 4. The molecule has 0 aliphatic heterocycles. The van der Waals surface area contributed by atoms with Crippen LogP contribution in [0, 0.1) is 5.92 Å². The highest BCUT2D eigenvalue weighted by Crippen LogP contribution is 2.45. The minimum absolute atomic E-state index is 0.106. The molecule has 0 amide bonds. The molecule has 3 N–H and O–H groups in total. The molecule has 0 fully saturated rings. The summed E-state index contributed by atoms with van der Waals surface area (Å²) >= 11 is 0. The molecular formula is C76H148O17P2. The SMILES string of the molecule is CCCCCCCCCCCCCCCCCCCCCC(=O)O[C@H](COC(=O)CCCCCCCCCCCCCCCCCC)COP(=O)(O)OC[C@@H](O)COP(=O)(O)OC[C@@H](COC(=O)CCCCCCCCCC)OC(=O)CCCCCCCCCCCC(C)C. The Labute approximate surface area is 581 Å². The standard InChI is InChI=1S/C76H148O17P2/c1-6-9-12-15-18-21-23-25-27-29-30-31-33-35-37-41-46-51-56-61-75(80)92-72(66-87-74(79)60-55-50-45-40-36-34-32-28-26-24-22-19-16-13-10-7-2)68-91-95(84,85)89-64-70(77)63-88-94(82,83)90-67-71(65-86-73(78)59-54-49-44-20-17-14-11-8-3)93-76(81)62-57-52-47-42-38-39-43-48-53-58-69(4)5/h69-72,77H,6-68H2,1-5H3,(H,82,83)(H,84,85)/t70-,71+,72+/m0/s1. The van der Waals surface area contributed by atoms with Crippen molar-refractivity contribution in [3.63, 3.8) is 0 Å². The van der Waals surface area contributed by atoms with Crippen molar-refractivity contribution in [2.45, 2.75) is 419 Å². The lowest BCUT2D eigenvalue weighted by molar-refractivity contribution is -0.161. The van der Waals surface area contributed by atoms with Crippen LogP contribution in [-0.4, -0.2) is 96.7 Å². The molecule has 0 aromatic rings. The van der Waals surface area contributed by atoms with Gasteiger partial charge >= 0.3 is 39.5 Å². The van der Waals surface area contributed by atoms with Crippen molar-refractivity contribution in [3.8, 4) is 0 Å². The van der Waals surface area contributed by atoms with Crippen LogP contribution in [0.1, 0.15) is 401 Å². The number of phosphoric acid groups is 2. The molecule has 0 spiro atoms. The molecule has 0 bridgehead atoms. The Bertz CT molecular complexity index is 1820. The molecule has 0 aromatic heterocycles. The molecule has 17 nitrogen and oxygen atoms in total. The zero-order valence-electron chi connectivity index (χ0n) is 61.8. The number of phosphoric ester groups is 2. The van der Waals surface area contributed by atoms with Gasteiger partial charge in [-0.25, -0.2) is 9.13 Å². The Balaban J connectivity index is 5.20. The Kier molecular flexibility index (Phi) is 67.7. The molecule has 19 heteroatoms. The summed E-state index contributed by atoms with van der Waals surface area (Å²) < 4.78 is 68.5. The maximum Gasteiger partial charge on any atom is 0.472 e. The van der Waals surface area contributed by atoms with Crippen LogP contribution in [0.3, 0.4) is 0 Å². The largest absolute Gasteiger partial charge is 0.472 e. The van der Waals surface area contributed by atoms with E-state index in [1.807, 2.05) is 0 Å². The first-order valence-electron chi connectivity index (χ1n) is 39.6. The van der Waals surface area contributed by atoms with E-state index in [2.05, 4.69) is 34.6 Å². The molecule has 0 heterocycles. The van der Waals surface area contributed by atoms with Crippen molar-refractivity contribution in [3.05, 3.63) is 0 Å². The monoisotopic (exact) mass is 1400 g/mol. The van der Waals surface area contributed by atoms with Gasteiger partial charge in [0, 0.05) is 25.7 Å². The van der Waals surface area contributed by atoms with E-state index in [-0.39, 0.29) is 25.7 Å². The fourth-order valence-corrected chi connectivity index (χ4v) is 13.3. The first-order valence-corrected chi connectivity index (χ1v) is 42.6. The molecule has 0 saturated carbocycles. The van der Waals surface area contributed by atoms with Gasteiger partial charge in [0.15, 0.2) is 12.2 Å². The van der Waals surface area contributed by atoms with E-state index in [0.717, 1.165) is 102 Å². The van der Waals surface area contributed by atoms with Gasteiger partial charge in [0.2, 0.25) is 0 Å². The molecule has 0 aromatic carbocycles. The first kappa shape index (κ1) is 93.1. The summed E-state index contributed by atoms with van der Waals surface area (Å²) in [4.78, 5) is 72.7. The normalized spacial score (nSPS) is 13.9. The van der Waals surface area contributed by atoms with Crippen molar-refractivity contribution in [1.29, 1.82) is 0 Å². The van der Waals surface area contributed by atoms with Crippen LogP contribution in [0.4, 0.5) is 0 Å². The van der Waals surface area contributed by atoms with Crippen molar-refractivity contribution < 1.29 is 80.2 Å². The van der Waals surface area contributed by atoms with Crippen molar-refractivity contribution in [2.24, 2.45) is 5.92 Å². The maximum absolute atomic E-state index is 13.1. The molecule has 564 valence electrons. The van der Waals surface area contributed by atoms with Gasteiger partial charge in [-0.15, -0.1) is 0 Å². The summed E-state index contributed by atoms with van der Waals surface area (Å²) in [5.74, 6) is -1.38. The van der Waals surface area contributed by atoms with E-state index >= 15 is 0 Å². The van der Waals surface area contributed by atoms with Gasteiger partial charge in [-0.1, -0.05) is 349 Å². The lowest BCUT2D eigenvalue weighted by atomic mass is 10.0. The molecular weight excluding hydrogens is 1250 g/mol. The number of ether oxygens (including phenoxy) is 4. The molecule has 0 aliphatic rings. The van der Waals surface area contributed by atoms with Crippen LogP contribution in [0.2, 0.25) is 0 Å². The number of esters is 4. The lowest BCUT2D eigenvalue weighted by Gasteiger charge is -2.21. The molecule has 0 rings (SSSR count). The summed E-state index contributed by atoms with van der Waals surface area (Å²) in [6, 6.07) is 0. The summed E-state index contributed by atoms with van der Waals surface area (Å²) in [7, 11) is -9.91. The number of carbonyl (C=O) groups excluding carboxylic acids is 4. The van der Waals surface area contributed by atoms with Gasteiger partial charge in [-0.3, -0.25) is 37.3 Å². The van der Waals surface area contributed by atoms with E-state index in [1.165, 1.54) is 218 Å². The van der Waals surface area contributed by atoms with E-state index in [4.69, 9.17) is 37.0 Å².